The van der Waals surface area contributed by atoms with E-state index in [1.54, 1.807) is 0 Å². The van der Waals surface area contributed by atoms with Crippen molar-refractivity contribution in [1.82, 2.24) is 0 Å². The molecule has 0 aromatic rings. The van der Waals surface area contributed by atoms with Gasteiger partial charge in [0.05, 0.1) is 23.2 Å². The average Bonchev–Trinajstić information content (AvgIpc) is 2.11. The average molecular weight is 302 g/mol. The van der Waals surface area contributed by atoms with Gasteiger partial charge in [0.2, 0.25) is 0 Å². The van der Waals surface area contributed by atoms with E-state index in [0.717, 1.165) is 10.8 Å². The highest BCUT2D eigenvalue weighted by Gasteiger charge is 2.15. The van der Waals surface area contributed by atoms with Gasteiger partial charge < -0.3 is 14.6 Å². The highest BCUT2D eigenvalue weighted by molar-refractivity contribution is 14.1. The molecule has 80 valence electrons. The number of hydrogen-bond acceptors (Lipinski definition) is 3. The predicted molar refractivity (Wildman–Crippen MR) is 61.1 cm³/mol. The highest BCUT2D eigenvalue weighted by Crippen LogP contribution is 2.09. The Bertz CT molecular complexity index is 115. The second-order valence-corrected chi connectivity index (χ2v) is 4.00. The van der Waals surface area contributed by atoms with Gasteiger partial charge in [-0.1, -0.05) is 29.5 Å². The molecule has 3 nitrogen and oxygen atoms in total. The van der Waals surface area contributed by atoms with Crippen molar-refractivity contribution in [3.63, 3.8) is 0 Å². The van der Waals surface area contributed by atoms with Crippen molar-refractivity contribution in [2.24, 2.45) is 0 Å². The molecule has 0 aromatic heterocycles. The molecule has 0 saturated heterocycles. The van der Waals surface area contributed by atoms with E-state index in [0.29, 0.717) is 0 Å². The molecule has 13 heavy (non-hydrogen) atoms. The zero-order chi connectivity index (χ0) is 10.3. The summed E-state index contributed by atoms with van der Waals surface area (Å²) in [6.07, 6.45) is 0.678. The molecule has 0 aliphatic carbocycles. The SMILES string of the molecule is CCC(CO)OC(CI)OC(C)C. The van der Waals surface area contributed by atoms with Crippen molar-refractivity contribution in [3.05, 3.63) is 0 Å². The van der Waals surface area contributed by atoms with Gasteiger partial charge >= 0.3 is 0 Å². The lowest BCUT2D eigenvalue weighted by molar-refractivity contribution is -0.180. The molecule has 0 aliphatic rings. The van der Waals surface area contributed by atoms with E-state index in [9.17, 15) is 0 Å². The molecule has 2 atom stereocenters. The summed E-state index contributed by atoms with van der Waals surface area (Å²) in [6, 6.07) is 0. The van der Waals surface area contributed by atoms with Crippen LogP contribution in [0.1, 0.15) is 27.2 Å². The highest BCUT2D eigenvalue weighted by atomic mass is 127. The third-order valence-corrected chi connectivity index (χ3v) is 2.27. The normalized spacial score (nSPS) is 16.2. The van der Waals surface area contributed by atoms with Crippen molar-refractivity contribution in [2.45, 2.75) is 45.7 Å². The van der Waals surface area contributed by atoms with Crippen LogP contribution < -0.4 is 0 Å². The van der Waals surface area contributed by atoms with Crippen LogP contribution in [0.25, 0.3) is 0 Å². The number of ether oxygens (including phenoxy) is 2. The first-order chi connectivity index (χ1) is 6.13. The molecule has 2 unspecified atom stereocenters. The van der Waals surface area contributed by atoms with E-state index in [-0.39, 0.29) is 25.1 Å². The van der Waals surface area contributed by atoms with E-state index in [4.69, 9.17) is 14.6 Å². The summed E-state index contributed by atoms with van der Waals surface area (Å²) in [4.78, 5) is 0. The fraction of sp³-hybridized carbons (Fsp3) is 1.00. The Balaban J connectivity index is 3.80. The smallest absolute Gasteiger partial charge is 0.167 e. The standard InChI is InChI=1S/C9H19IO3/c1-4-8(6-11)13-9(5-10)12-7(2)3/h7-9,11H,4-6H2,1-3H3. The van der Waals surface area contributed by atoms with Gasteiger partial charge in [0.1, 0.15) is 0 Å². The number of aliphatic hydroxyl groups excluding tert-OH is 1. The van der Waals surface area contributed by atoms with Crippen molar-refractivity contribution in [1.29, 1.82) is 0 Å². The lowest BCUT2D eigenvalue weighted by Gasteiger charge is -2.23. The monoisotopic (exact) mass is 302 g/mol. The molecule has 0 radical (unpaired) electrons. The lowest BCUT2D eigenvalue weighted by atomic mass is 10.3. The predicted octanol–water partition coefficient (Wildman–Crippen LogP) is 1.96. The first-order valence-electron chi connectivity index (χ1n) is 4.61. The first-order valence-corrected chi connectivity index (χ1v) is 6.14. The van der Waals surface area contributed by atoms with Crippen LogP contribution in [-0.2, 0) is 9.47 Å². The van der Waals surface area contributed by atoms with Gasteiger partial charge in [-0.15, -0.1) is 0 Å². The second kappa shape index (κ2) is 7.96. The molecule has 0 amide bonds. The zero-order valence-corrected chi connectivity index (χ0v) is 10.7. The minimum atomic E-state index is -0.197. The maximum atomic E-state index is 8.92. The molecule has 0 fully saturated rings. The molecule has 0 rings (SSSR count). The fourth-order valence-corrected chi connectivity index (χ4v) is 1.31. The van der Waals surface area contributed by atoms with E-state index in [1.165, 1.54) is 0 Å². The van der Waals surface area contributed by atoms with Gasteiger partial charge in [-0.25, -0.2) is 0 Å². The topological polar surface area (TPSA) is 38.7 Å². The number of halogens is 1. The van der Waals surface area contributed by atoms with Crippen LogP contribution in [-0.4, -0.2) is 34.6 Å². The van der Waals surface area contributed by atoms with E-state index >= 15 is 0 Å². The summed E-state index contributed by atoms with van der Waals surface area (Å²) in [5.41, 5.74) is 0. The summed E-state index contributed by atoms with van der Waals surface area (Å²) in [6.45, 7) is 6.00. The van der Waals surface area contributed by atoms with Gasteiger partial charge in [0.25, 0.3) is 0 Å². The number of rotatable bonds is 7. The molecule has 4 heteroatoms. The van der Waals surface area contributed by atoms with Crippen LogP contribution in [0.3, 0.4) is 0 Å². The van der Waals surface area contributed by atoms with Crippen molar-refractivity contribution in [2.75, 3.05) is 11.0 Å². The molecular weight excluding hydrogens is 283 g/mol. The Morgan fingerprint density at radius 1 is 1.31 bits per heavy atom. The van der Waals surface area contributed by atoms with Crippen LogP contribution in [0.2, 0.25) is 0 Å². The Morgan fingerprint density at radius 3 is 2.23 bits per heavy atom. The minimum absolute atomic E-state index is 0.0606. The van der Waals surface area contributed by atoms with Crippen LogP contribution in [0.5, 0.6) is 0 Å². The van der Waals surface area contributed by atoms with Crippen LogP contribution >= 0.6 is 22.6 Å². The number of aliphatic hydroxyl groups is 1. The lowest BCUT2D eigenvalue weighted by Crippen LogP contribution is -2.29. The minimum Gasteiger partial charge on any atom is -0.394 e. The zero-order valence-electron chi connectivity index (χ0n) is 8.50. The van der Waals surface area contributed by atoms with Gasteiger partial charge in [-0.2, -0.15) is 0 Å². The fourth-order valence-electron chi connectivity index (χ4n) is 0.891. The quantitative estimate of drug-likeness (QED) is 0.444. The van der Waals surface area contributed by atoms with Gasteiger partial charge in [0, 0.05) is 0 Å². The summed E-state index contributed by atoms with van der Waals surface area (Å²) in [5, 5.41) is 8.92. The summed E-state index contributed by atoms with van der Waals surface area (Å²) in [7, 11) is 0. The molecule has 0 bridgehead atoms. The maximum absolute atomic E-state index is 8.92. The first kappa shape index (κ1) is 13.6. The Kier molecular flexibility index (Phi) is 8.34. The third-order valence-electron chi connectivity index (χ3n) is 1.55. The third kappa shape index (κ3) is 6.65. The molecule has 0 aromatic carbocycles. The van der Waals surface area contributed by atoms with Crippen LogP contribution in [0, 0.1) is 0 Å². The Morgan fingerprint density at radius 2 is 1.92 bits per heavy atom. The largest absolute Gasteiger partial charge is 0.394 e. The second-order valence-electron chi connectivity index (χ2n) is 3.12. The summed E-state index contributed by atoms with van der Waals surface area (Å²) < 4.78 is 11.8. The van der Waals surface area contributed by atoms with Crippen molar-refractivity contribution >= 4 is 22.6 Å². The van der Waals surface area contributed by atoms with Crippen molar-refractivity contribution < 1.29 is 14.6 Å². The van der Waals surface area contributed by atoms with E-state index < -0.39 is 0 Å². The van der Waals surface area contributed by atoms with Gasteiger partial charge in [0.15, 0.2) is 6.29 Å². The van der Waals surface area contributed by atoms with Crippen molar-refractivity contribution in [3.8, 4) is 0 Å². The summed E-state index contributed by atoms with van der Waals surface area (Å²) >= 11 is 2.22. The van der Waals surface area contributed by atoms with Crippen LogP contribution in [0.15, 0.2) is 0 Å². The number of hydrogen-bond donors (Lipinski definition) is 1. The molecule has 0 spiro atoms. The molecule has 0 aliphatic heterocycles. The maximum Gasteiger partial charge on any atom is 0.167 e. The van der Waals surface area contributed by atoms with E-state index in [2.05, 4.69) is 22.6 Å². The van der Waals surface area contributed by atoms with Gasteiger partial charge in [-0.3, -0.25) is 0 Å². The molecule has 1 N–H and O–H groups in total. The molecular formula is C9H19IO3. The molecule has 0 heterocycles. The molecule has 0 saturated carbocycles. The summed E-state index contributed by atoms with van der Waals surface area (Å²) in [5.74, 6) is 0. The van der Waals surface area contributed by atoms with Gasteiger partial charge in [-0.05, 0) is 20.3 Å². The van der Waals surface area contributed by atoms with Crippen LogP contribution in [0.4, 0.5) is 0 Å². The Hall–Kier alpha value is 0.610. The van der Waals surface area contributed by atoms with E-state index in [1.807, 2.05) is 20.8 Å². The Labute approximate surface area is 93.9 Å². The number of alkyl halides is 1.